The van der Waals surface area contributed by atoms with Gasteiger partial charge >= 0.3 is 0 Å². The quantitative estimate of drug-likeness (QED) is 0.626. The molecule has 0 aliphatic rings. The van der Waals surface area contributed by atoms with Gasteiger partial charge in [0.2, 0.25) is 0 Å². The maximum absolute atomic E-state index is 12.8. The Morgan fingerprint density at radius 1 is 1.33 bits per heavy atom. The molecule has 0 radical (unpaired) electrons. The van der Waals surface area contributed by atoms with Crippen molar-refractivity contribution >= 4 is 18.1 Å². The lowest BCUT2D eigenvalue weighted by Gasteiger charge is -2.22. The Balaban J connectivity index is 0.00000400. The average molecular weight is 319 g/mol. The number of benzene rings is 1. The Kier molecular flexibility index (Phi) is 8.47. The molecule has 4 nitrogen and oxygen atoms in total. The fourth-order valence-electron chi connectivity index (χ4n) is 1.45. The van der Waals surface area contributed by atoms with E-state index < -0.39 is 6.10 Å². The molecule has 0 aromatic heterocycles. The molecule has 1 rings (SSSR count). The number of hydrogen-bond donors (Lipinski definition) is 2. The van der Waals surface area contributed by atoms with Gasteiger partial charge in [0.15, 0.2) is 0 Å². The number of aliphatic hydroxyl groups excluding tert-OH is 1. The van der Waals surface area contributed by atoms with Crippen LogP contribution in [-0.2, 0) is 4.84 Å². The Morgan fingerprint density at radius 3 is 2.43 bits per heavy atom. The van der Waals surface area contributed by atoms with Crippen molar-refractivity contribution in [1.82, 2.24) is 5.32 Å². The Morgan fingerprint density at radius 2 is 1.90 bits per heavy atom. The highest BCUT2D eigenvalue weighted by Gasteiger charge is 2.12. The van der Waals surface area contributed by atoms with Crippen LogP contribution in [0.2, 0.25) is 0 Å². The third-order valence-corrected chi connectivity index (χ3v) is 2.60. The molecule has 21 heavy (non-hydrogen) atoms. The van der Waals surface area contributed by atoms with Gasteiger partial charge in [-0.05, 0) is 45.4 Å². The SMILES string of the molecule is C/C(=N\OCC(O)CNC(C)(C)C)c1ccc(F)cc1.Cl. The van der Waals surface area contributed by atoms with Crippen LogP contribution in [0.1, 0.15) is 33.3 Å². The summed E-state index contributed by atoms with van der Waals surface area (Å²) in [5.41, 5.74) is 1.38. The summed E-state index contributed by atoms with van der Waals surface area (Å²) in [5, 5.41) is 16.8. The second-order valence-electron chi connectivity index (χ2n) is 5.76. The second kappa shape index (κ2) is 8.97. The molecule has 0 aliphatic carbocycles. The van der Waals surface area contributed by atoms with Crippen molar-refractivity contribution in [3.63, 3.8) is 0 Å². The van der Waals surface area contributed by atoms with Crippen LogP contribution in [-0.4, -0.2) is 35.6 Å². The summed E-state index contributed by atoms with van der Waals surface area (Å²) in [6, 6.07) is 6.01. The Bertz CT molecular complexity index is 444. The van der Waals surface area contributed by atoms with Gasteiger partial charge in [-0.15, -0.1) is 12.4 Å². The molecule has 1 unspecified atom stereocenters. The monoisotopic (exact) mass is 318 g/mol. The van der Waals surface area contributed by atoms with E-state index in [0.717, 1.165) is 5.56 Å². The smallest absolute Gasteiger partial charge is 0.144 e. The first-order chi connectivity index (χ1) is 9.28. The summed E-state index contributed by atoms with van der Waals surface area (Å²) < 4.78 is 12.8. The van der Waals surface area contributed by atoms with Gasteiger partial charge in [0.1, 0.15) is 18.5 Å². The minimum atomic E-state index is -0.626. The standard InChI is InChI=1S/C15H23FN2O2.ClH/c1-11(12-5-7-13(16)8-6-12)18-20-10-14(19)9-17-15(2,3)4;/h5-8,14,17,19H,9-10H2,1-4H3;1H/b18-11+;. The highest BCUT2D eigenvalue weighted by molar-refractivity contribution is 5.98. The zero-order chi connectivity index (χ0) is 15.2. The molecule has 0 aliphatic heterocycles. The number of β-amino-alcohol motifs (C(OH)–C–C–N with tert-alkyl or cyclic N) is 1. The van der Waals surface area contributed by atoms with Crippen LogP contribution in [0.15, 0.2) is 29.4 Å². The summed E-state index contributed by atoms with van der Waals surface area (Å²) in [6.45, 7) is 8.40. The van der Waals surface area contributed by atoms with E-state index in [9.17, 15) is 9.50 Å². The van der Waals surface area contributed by atoms with Crippen molar-refractivity contribution in [2.45, 2.75) is 39.3 Å². The molecular formula is C15H24ClFN2O2. The van der Waals surface area contributed by atoms with Crippen LogP contribution in [0.25, 0.3) is 0 Å². The number of rotatable bonds is 6. The van der Waals surface area contributed by atoms with Crippen LogP contribution in [0.4, 0.5) is 4.39 Å². The number of hydrogen-bond acceptors (Lipinski definition) is 4. The molecule has 1 aromatic carbocycles. The highest BCUT2D eigenvalue weighted by atomic mass is 35.5. The largest absolute Gasteiger partial charge is 0.393 e. The van der Waals surface area contributed by atoms with Gasteiger partial charge in [0.05, 0.1) is 5.71 Å². The van der Waals surface area contributed by atoms with Crippen molar-refractivity contribution in [3.05, 3.63) is 35.6 Å². The van der Waals surface area contributed by atoms with Gasteiger partial charge in [0, 0.05) is 12.1 Å². The van der Waals surface area contributed by atoms with E-state index in [4.69, 9.17) is 4.84 Å². The van der Waals surface area contributed by atoms with Crippen molar-refractivity contribution in [2.24, 2.45) is 5.16 Å². The second-order valence-corrected chi connectivity index (χ2v) is 5.76. The van der Waals surface area contributed by atoms with Crippen LogP contribution in [0, 0.1) is 5.82 Å². The zero-order valence-electron chi connectivity index (χ0n) is 12.9. The normalized spacial score (nSPS) is 13.5. The van der Waals surface area contributed by atoms with E-state index >= 15 is 0 Å². The Labute approximate surface area is 131 Å². The predicted octanol–water partition coefficient (Wildman–Crippen LogP) is 2.74. The molecule has 0 amide bonds. The van der Waals surface area contributed by atoms with Gasteiger partial charge in [0.25, 0.3) is 0 Å². The molecule has 0 heterocycles. The fraction of sp³-hybridized carbons (Fsp3) is 0.533. The van der Waals surface area contributed by atoms with Gasteiger partial charge in [-0.1, -0.05) is 17.3 Å². The number of nitrogens with one attached hydrogen (secondary N) is 1. The molecule has 0 fully saturated rings. The van der Waals surface area contributed by atoms with E-state index in [-0.39, 0.29) is 30.4 Å². The van der Waals surface area contributed by atoms with Crippen LogP contribution >= 0.6 is 12.4 Å². The molecule has 0 saturated heterocycles. The fourth-order valence-corrected chi connectivity index (χ4v) is 1.45. The summed E-state index contributed by atoms with van der Waals surface area (Å²) >= 11 is 0. The van der Waals surface area contributed by atoms with Crippen molar-refractivity contribution in [2.75, 3.05) is 13.2 Å². The minimum absolute atomic E-state index is 0. The van der Waals surface area contributed by atoms with E-state index in [1.54, 1.807) is 19.1 Å². The molecule has 1 aromatic rings. The van der Waals surface area contributed by atoms with Crippen molar-refractivity contribution in [1.29, 1.82) is 0 Å². The molecule has 6 heteroatoms. The summed E-state index contributed by atoms with van der Waals surface area (Å²) in [7, 11) is 0. The predicted molar refractivity (Wildman–Crippen MR) is 85.6 cm³/mol. The summed E-state index contributed by atoms with van der Waals surface area (Å²) in [4.78, 5) is 5.11. The lowest BCUT2D eigenvalue weighted by Crippen LogP contribution is -2.42. The first-order valence-corrected chi connectivity index (χ1v) is 6.63. The van der Waals surface area contributed by atoms with Gasteiger partial charge < -0.3 is 15.3 Å². The third-order valence-electron chi connectivity index (χ3n) is 2.60. The molecular weight excluding hydrogens is 295 g/mol. The van der Waals surface area contributed by atoms with E-state index in [1.807, 2.05) is 20.8 Å². The minimum Gasteiger partial charge on any atom is -0.393 e. The lowest BCUT2D eigenvalue weighted by atomic mass is 10.1. The highest BCUT2D eigenvalue weighted by Crippen LogP contribution is 2.05. The summed E-state index contributed by atoms with van der Waals surface area (Å²) in [6.07, 6.45) is -0.626. The average Bonchev–Trinajstić information content (AvgIpc) is 2.36. The molecule has 0 spiro atoms. The molecule has 0 bridgehead atoms. The van der Waals surface area contributed by atoms with Crippen LogP contribution in [0.5, 0.6) is 0 Å². The molecule has 0 saturated carbocycles. The van der Waals surface area contributed by atoms with Gasteiger partial charge in [-0.3, -0.25) is 0 Å². The molecule has 120 valence electrons. The molecule has 2 N–H and O–H groups in total. The number of aliphatic hydroxyl groups is 1. The lowest BCUT2D eigenvalue weighted by molar-refractivity contribution is 0.0373. The first kappa shape index (κ1) is 19.8. The van der Waals surface area contributed by atoms with Gasteiger partial charge in [-0.2, -0.15) is 0 Å². The number of halogens is 2. The number of oxime groups is 1. The molecule has 1 atom stereocenters. The first-order valence-electron chi connectivity index (χ1n) is 6.63. The Hall–Kier alpha value is -1.17. The number of nitrogens with zero attached hydrogens (tertiary/aromatic N) is 1. The van der Waals surface area contributed by atoms with E-state index in [2.05, 4.69) is 10.5 Å². The summed E-state index contributed by atoms with van der Waals surface area (Å²) in [5.74, 6) is -0.286. The zero-order valence-corrected chi connectivity index (χ0v) is 13.7. The maximum Gasteiger partial charge on any atom is 0.144 e. The van der Waals surface area contributed by atoms with Gasteiger partial charge in [-0.25, -0.2) is 4.39 Å². The van der Waals surface area contributed by atoms with Crippen LogP contribution < -0.4 is 5.32 Å². The van der Waals surface area contributed by atoms with E-state index in [0.29, 0.717) is 12.3 Å². The van der Waals surface area contributed by atoms with Crippen molar-refractivity contribution in [3.8, 4) is 0 Å². The van der Waals surface area contributed by atoms with E-state index in [1.165, 1.54) is 12.1 Å². The van der Waals surface area contributed by atoms with Crippen LogP contribution in [0.3, 0.4) is 0 Å². The topological polar surface area (TPSA) is 53.9 Å². The van der Waals surface area contributed by atoms with Crippen molar-refractivity contribution < 1.29 is 14.3 Å². The third kappa shape index (κ3) is 8.65. The maximum atomic E-state index is 12.8.